The van der Waals surface area contributed by atoms with E-state index in [1.54, 1.807) is 12.1 Å². The lowest BCUT2D eigenvalue weighted by Gasteiger charge is -1.94. The number of nitro benzene ring substituents is 1. The first-order valence-electron chi connectivity index (χ1n) is 5.16. The number of allylic oxidation sites excluding steroid dienone is 2. The molecule has 0 bridgehead atoms. The highest BCUT2D eigenvalue weighted by Crippen LogP contribution is 2.13. The average Bonchev–Trinajstić information content (AvgIpc) is 2.73. The van der Waals surface area contributed by atoms with Gasteiger partial charge in [0.25, 0.3) is 5.69 Å². The van der Waals surface area contributed by atoms with Crippen molar-refractivity contribution < 1.29 is 4.92 Å². The van der Waals surface area contributed by atoms with Crippen LogP contribution in [0.4, 0.5) is 5.69 Å². The third-order valence-corrected chi connectivity index (χ3v) is 3.61. The number of rotatable bonds is 3. The summed E-state index contributed by atoms with van der Waals surface area (Å²) in [7, 11) is 0.579. The second kappa shape index (κ2) is 4.88. The second-order valence-electron chi connectivity index (χ2n) is 3.70. The van der Waals surface area contributed by atoms with Crippen LogP contribution in [-0.2, 0) is 0 Å². The first-order valence-corrected chi connectivity index (χ1v) is 6.16. The Labute approximate surface area is 101 Å². The molecule has 2 N–H and O–H groups in total. The summed E-state index contributed by atoms with van der Waals surface area (Å²) in [5, 5.41) is 12.7. The molecule has 85 valence electrons. The maximum absolute atomic E-state index is 10.5. The summed E-state index contributed by atoms with van der Waals surface area (Å²) in [4.78, 5) is 10.1. The van der Waals surface area contributed by atoms with E-state index in [4.69, 9.17) is 5.73 Å². The molecule has 5 heteroatoms. The van der Waals surface area contributed by atoms with Gasteiger partial charge in [0.05, 0.1) is 14.1 Å². The highest BCUT2D eigenvalue weighted by atomic mass is 28.2. The lowest BCUT2D eigenvalue weighted by atomic mass is 10.1. The number of hydrogen-bond donors (Lipinski definition) is 1. The van der Waals surface area contributed by atoms with Crippen molar-refractivity contribution in [3.8, 4) is 0 Å². The molecule has 0 unspecified atom stereocenters. The minimum Gasteiger partial charge on any atom is -0.403 e. The molecular formula is C12H11N2O2Si. The van der Waals surface area contributed by atoms with Gasteiger partial charge in [-0.2, -0.15) is 0 Å². The summed E-state index contributed by atoms with van der Waals surface area (Å²) < 4.78 is 0. The fourth-order valence-electron chi connectivity index (χ4n) is 1.52. The number of nitrogens with zero attached hydrogens (tertiary/aromatic N) is 1. The summed E-state index contributed by atoms with van der Waals surface area (Å²) in [5.74, 6) is 0. The normalized spacial score (nSPS) is 14.8. The van der Waals surface area contributed by atoms with Crippen LogP contribution in [0.3, 0.4) is 0 Å². The largest absolute Gasteiger partial charge is 0.403 e. The second-order valence-corrected chi connectivity index (χ2v) is 5.17. The number of nitrogens with two attached hydrogens (primary N) is 1. The van der Waals surface area contributed by atoms with Crippen LogP contribution in [0.5, 0.6) is 0 Å². The Hall–Kier alpha value is -2.01. The van der Waals surface area contributed by atoms with Crippen molar-refractivity contribution >= 4 is 26.1 Å². The molecule has 0 fully saturated rings. The fraction of sp³-hybridized carbons (Fsp3) is 0.0833. The molecule has 2 rings (SSSR count). The van der Waals surface area contributed by atoms with Crippen molar-refractivity contribution in [2.75, 3.05) is 0 Å². The number of nitro groups is 1. The van der Waals surface area contributed by atoms with E-state index in [1.807, 2.05) is 18.2 Å². The minimum atomic E-state index is -0.398. The fourth-order valence-corrected chi connectivity index (χ4v) is 2.47. The molecule has 1 aliphatic rings. The van der Waals surface area contributed by atoms with Crippen molar-refractivity contribution in [2.45, 2.75) is 6.42 Å². The van der Waals surface area contributed by atoms with E-state index in [0.29, 0.717) is 9.13 Å². The molecule has 1 heterocycles. The van der Waals surface area contributed by atoms with E-state index >= 15 is 0 Å². The van der Waals surface area contributed by atoms with Gasteiger partial charge in [0.2, 0.25) is 0 Å². The van der Waals surface area contributed by atoms with E-state index < -0.39 is 4.92 Å². The molecule has 0 aromatic heterocycles. The standard InChI is InChI=1S/C12H11N2O2Si/c13-12-8-7-11(17-12)6-3-9-1-4-10(5-2-9)14(15)16/h1-6,8H,7,13H2/b6-3+. The van der Waals surface area contributed by atoms with Crippen LogP contribution < -0.4 is 5.73 Å². The van der Waals surface area contributed by atoms with Gasteiger partial charge in [-0.1, -0.05) is 23.4 Å². The quantitative estimate of drug-likeness (QED) is 0.499. The molecule has 0 spiro atoms. The lowest BCUT2D eigenvalue weighted by Crippen LogP contribution is -2.00. The summed E-state index contributed by atoms with van der Waals surface area (Å²) in [5.41, 5.74) is 6.76. The third-order valence-electron chi connectivity index (χ3n) is 2.43. The van der Waals surface area contributed by atoms with Crippen LogP contribution >= 0.6 is 0 Å². The number of hydrogen-bond acceptors (Lipinski definition) is 3. The third kappa shape index (κ3) is 2.98. The zero-order valence-electron chi connectivity index (χ0n) is 9.09. The first-order chi connectivity index (χ1) is 8.15. The Balaban J connectivity index is 2.07. The molecular weight excluding hydrogens is 232 g/mol. The minimum absolute atomic E-state index is 0.114. The summed E-state index contributed by atoms with van der Waals surface area (Å²) in [6.07, 6.45) is 6.93. The molecule has 1 aromatic rings. The van der Waals surface area contributed by atoms with E-state index in [-0.39, 0.29) is 5.69 Å². The van der Waals surface area contributed by atoms with Crippen molar-refractivity contribution in [1.82, 2.24) is 0 Å². The van der Waals surface area contributed by atoms with Crippen molar-refractivity contribution in [3.05, 3.63) is 57.4 Å². The summed E-state index contributed by atoms with van der Waals surface area (Å²) >= 11 is 0. The molecule has 1 aliphatic heterocycles. The van der Waals surface area contributed by atoms with Gasteiger partial charge in [-0.05, 0) is 24.1 Å². The maximum atomic E-state index is 10.5. The Morgan fingerprint density at radius 1 is 1.29 bits per heavy atom. The molecule has 0 amide bonds. The van der Waals surface area contributed by atoms with Gasteiger partial charge in [-0.15, -0.1) is 0 Å². The first kappa shape index (κ1) is 11.5. The van der Waals surface area contributed by atoms with Gasteiger partial charge in [0.15, 0.2) is 0 Å². The van der Waals surface area contributed by atoms with Crippen LogP contribution in [-0.4, -0.2) is 19.2 Å². The maximum Gasteiger partial charge on any atom is 0.269 e. The molecule has 1 radical (unpaired) electrons. The van der Waals surface area contributed by atoms with Crippen LogP contribution in [0.15, 0.2) is 41.7 Å². The molecule has 0 aliphatic carbocycles. The van der Waals surface area contributed by atoms with Gasteiger partial charge in [0.1, 0.15) is 0 Å². The Morgan fingerprint density at radius 3 is 2.53 bits per heavy atom. The van der Waals surface area contributed by atoms with Gasteiger partial charge < -0.3 is 5.73 Å². The molecule has 0 saturated heterocycles. The molecule has 0 saturated carbocycles. The van der Waals surface area contributed by atoms with Crippen LogP contribution in [0.1, 0.15) is 12.0 Å². The number of non-ortho nitro benzene ring substituents is 1. The lowest BCUT2D eigenvalue weighted by molar-refractivity contribution is -0.384. The highest BCUT2D eigenvalue weighted by Gasteiger charge is 2.03. The zero-order valence-corrected chi connectivity index (χ0v) is 10.1. The van der Waals surface area contributed by atoms with E-state index in [0.717, 1.165) is 17.3 Å². The average molecular weight is 243 g/mol. The Bertz CT molecular complexity index is 530. The van der Waals surface area contributed by atoms with E-state index in [1.165, 1.54) is 17.3 Å². The van der Waals surface area contributed by atoms with Crippen LogP contribution in [0, 0.1) is 10.1 Å². The zero-order chi connectivity index (χ0) is 12.3. The summed E-state index contributed by atoms with van der Waals surface area (Å²) in [6.45, 7) is 0. The van der Waals surface area contributed by atoms with Gasteiger partial charge >= 0.3 is 0 Å². The van der Waals surface area contributed by atoms with Gasteiger partial charge in [-0.3, -0.25) is 10.1 Å². The molecule has 0 atom stereocenters. The number of benzene rings is 1. The molecule has 17 heavy (non-hydrogen) atoms. The topological polar surface area (TPSA) is 69.2 Å². The monoisotopic (exact) mass is 243 g/mol. The van der Waals surface area contributed by atoms with E-state index in [2.05, 4.69) is 0 Å². The van der Waals surface area contributed by atoms with Crippen LogP contribution in [0.2, 0.25) is 0 Å². The predicted molar refractivity (Wildman–Crippen MR) is 69.8 cm³/mol. The smallest absolute Gasteiger partial charge is 0.269 e. The van der Waals surface area contributed by atoms with Crippen molar-refractivity contribution in [1.29, 1.82) is 0 Å². The predicted octanol–water partition coefficient (Wildman–Crippen LogP) is 1.69. The highest BCUT2D eigenvalue weighted by molar-refractivity contribution is 6.64. The van der Waals surface area contributed by atoms with Gasteiger partial charge in [-0.25, -0.2) is 0 Å². The van der Waals surface area contributed by atoms with E-state index in [9.17, 15) is 10.1 Å². The molecule has 1 aromatic carbocycles. The summed E-state index contributed by atoms with van der Waals surface area (Å²) in [6, 6.07) is 6.50. The Morgan fingerprint density at radius 2 is 2.00 bits per heavy atom. The van der Waals surface area contributed by atoms with Crippen molar-refractivity contribution in [3.63, 3.8) is 0 Å². The van der Waals surface area contributed by atoms with Gasteiger partial charge in [0, 0.05) is 17.5 Å². The van der Waals surface area contributed by atoms with Crippen molar-refractivity contribution in [2.24, 2.45) is 5.73 Å². The molecule has 4 nitrogen and oxygen atoms in total. The Kier molecular flexibility index (Phi) is 3.29. The SMILES string of the molecule is NC1=CCC(/C=C/c2ccc([N+](=O)[O-])cc2)=[Si]1. The van der Waals surface area contributed by atoms with Crippen LogP contribution in [0.25, 0.3) is 6.08 Å².